The largest absolute Gasteiger partial charge is 0.387 e. The maximum atomic E-state index is 10.7. The molecule has 2 aliphatic rings. The van der Waals surface area contributed by atoms with E-state index in [0.29, 0.717) is 5.92 Å². The van der Waals surface area contributed by atoms with Gasteiger partial charge in [0.25, 0.3) is 0 Å². The molecule has 0 bridgehead atoms. The molecule has 0 amide bonds. The van der Waals surface area contributed by atoms with Crippen LogP contribution in [0.15, 0.2) is 0 Å². The summed E-state index contributed by atoms with van der Waals surface area (Å²) in [6.45, 7) is 7.41. The molecular formula is C13H24O2. The Kier molecular flexibility index (Phi) is 3.09. The van der Waals surface area contributed by atoms with Gasteiger partial charge in [-0.1, -0.05) is 20.3 Å². The summed E-state index contributed by atoms with van der Waals surface area (Å²) >= 11 is 0. The molecule has 5 atom stereocenters. The molecule has 2 rings (SSSR count). The van der Waals surface area contributed by atoms with Crippen LogP contribution in [0.1, 0.15) is 46.5 Å². The Bertz CT molecular complexity index is 229. The SMILES string of the molecule is CC1CCC(C2(O)CCOC2C)CC1C. The van der Waals surface area contributed by atoms with Crippen LogP contribution in [0, 0.1) is 17.8 Å². The maximum absolute atomic E-state index is 10.7. The normalized spacial score (nSPS) is 52.0. The van der Waals surface area contributed by atoms with E-state index in [9.17, 15) is 5.11 Å². The van der Waals surface area contributed by atoms with E-state index in [2.05, 4.69) is 13.8 Å². The molecule has 1 aliphatic carbocycles. The summed E-state index contributed by atoms with van der Waals surface area (Å²) in [5.41, 5.74) is -0.533. The Morgan fingerprint density at radius 2 is 1.87 bits per heavy atom. The van der Waals surface area contributed by atoms with Crippen molar-refractivity contribution in [3.8, 4) is 0 Å². The summed E-state index contributed by atoms with van der Waals surface area (Å²) in [5.74, 6) is 2.03. The molecule has 0 aromatic carbocycles. The van der Waals surface area contributed by atoms with Gasteiger partial charge < -0.3 is 9.84 Å². The summed E-state index contributed by atoms with van der Waals surface area (Å²) in [4.78, 5) is 0. The van der Waals surface area contributed by atoms with Crippen molar-refractivity contribution in [1.82, 2.24) is 0 Å². The van der Waals surface area contributed by atoms with Crippen LogP contribution in [0.5, 0.6) is 0 Å². The van der Waals surface area contributed by atoms with Crippen molar-refractivity contribution in [2.45, 2.75) is 58.2 Å². The highest BCUT2D eigenvalue weighted by Gasteiger charge is 2.47. The van der Waals surface area contributed by atoms with Gasteiger partial charge in [0.2, 0.25) is 0 Å². The molecule has 2 fully saturated rings. The highest BCUT2D eigenvalue weighted by molar-refractivity contribution is 4.97. The van der Waals surface area contributed by atoms with Gasteiger partial charge in [0.15, 0.2) is 0 Å². The highest BCUT2D eigenvalue weighted by Crippen LogP contribution is 2.44. The van der Waals surface area contributed by atoms with Gasteiger partial charge in [0.1, 0.15) is 0 Å². The molecule has 1 saturated heterocycles. The second kappa shape index (κ2) is 4.06. The lowest BCUT2D eigenvalue weighted by Crippen LogP contribution is -2.46. The molecule has 0 aromatic rings. The molecule has 2 nitrogen and oxygen atoms in total. The van der Waals surface area contributed by atoms with Crippen molar-refractivity contribution >= 4 is 0 Å². The van der Waals surface area contributed by atoms with Gasteiger partial charge in [0.05, 0.1) is 11.7 Å². The van der Waals surface area contributed by atoms with Crippen molar-refractivity contribution in [3.05, 3.63) is 0 Å². The quantitative estimate of drug-likeness (QED) is 0.724. The molecule has 1 heterocycles. The third-order valence-corrected chi connectivity index (χ3v) is 4.88. The third kappa shape index (κ3) is 1.94. The monoisotopic (exact) mass is 212 g/mol. The van der Waals surface area contributed by atoms with Gasteiger partial charge in [-0.3, -0.25) is 0 Å². The first kappa shape index (κ1) is 11.4. The summed E-state index contributed by atoms with van der Waals surface area (Å²) in [7, 11) is 0. The summed E-state index contributed by atoms with van der Waals surface area (Å²) in [5, 5.41) is 10.7. The van der Waals surface area contributed by atoms with Gasteiger partial charge in [-0.2, -0.15) is 0 Å². The molecular weight excluding hydrogens is 188 g/mol. The predicted molar refractivity (Wildman–Crippen MR) is 60.6 cm³/mol. The Balaban J connectivity index is 2.04. The molecule has 1 saturated carbocycles. The predicted octanol–water partition coefficient (Wildman–Crippen LogP) is 2.60. The Morgan fingerprint density at radius 1 is 1.13 bits per heavy atom. The minimum Gasteiger partial charge on any atom is -0.387 e. The molecule has 0 radical (unpaired) electrons. The van der Waals surface area contributed by atoms with Crippen molar-refractivity contribution in [2.75, 3.05) is 6.61 Å². The Labute approximate surface area is 93.0 Å². The molecule has 15 heavy (non-hydrogen) atoms. The van der Waals surface area contributed by atoms with Crippen molar-refractivity contribution < 1.29 is 9.84 Å². The van der Waals surface area contributed by atoms with E-state index in [1.807, 2.05) is 6.92 Å². The Morgan fingerprint density at radius 3 is 2.40 bits per heavy atom. The Hall–Kier alpha value is -0.0800. The summed E-state index contributed by atoms with van der Waals surface area (Å²) in [6.07, 6.45) is 4.48. The van der Waals surface area contributed by atoms with E-state index in [1.54, 1.807) is 0 Å². The van der Waals surface area contributed by atoms with Crippen LogP contribution in [0.4, 0.5) is 0 Å². The first-order chi connectivity index (χ1) is 7.04. The van der Waals surface area contributed by atoms with E-state index in [-0.39, 0.29) is 6.10 Å². The van der Waals surface area contributed by atoms with Gasteiger partial charge in [-0.05, 0) is 37.5 Å². The number of aliphatic hydroxyl groups is 1. The third-order valence-electron chi connectivity index (χ3n) is 4.88. The van der Waals surface area contributed by atoms with E-state index in [1.165, 1.54) is 19.3 Å². The lowest BCUT2D eigenvalue weighted by atomic mass is 9.67. The van der Waals surface area contributed by atoms with Crippen molar-refractivity contribution in [3.63, 3.8) is 0 Å². The fourth-order valence-corrected chi connectivity index (χ4v) is 3.28. The fraction of sp³-hybridized carbons (Fsp3) is 1.00. The van der Waals surface area contributed by atoms with Gasteiger partial charge in [-0.25, -0.2) is 0 Å². The van der Waals surface area contributed by atoms with Gasteiger partial charge >= 0.3 is 0 Å². The van der Waals surface area contributed by atoms with Crippen LogP contribution >= 0.6 is 0 Å². The number of hydrogen-bond acceptors (Lipinski definition) is 2. The van der Waals surface area contributed by atoms with Gasteiger partial charge in [0, 0.05) is 13.0 Å². The smallest absolute Gasteiger partial charge is 0.0955 e. The van der Waals surface area contributed by atoms with Crippen LogP contribution in [-0.4, -0.2) is 23.4 Å². The standard InChI is InChI=1S/C13H24O2/c1-9-4-5-12(8-10(9)2)13(14)6-7-15-11(13)3/h9-12,14H,4-8H2,1-3H3. The zero-order valence-electron chi connectivity index (χ0n) is 10.2. The lowest BCUT2D eigenvalue weighted by molar-refractivity contribution is -0.0879. The lowest BCUT2D eigenvalue weighted by Gasteiger charge is -2.41. The second-order valence-electron chi connectivity index (χ2n) is 5.72. The van der Waals surface area contributed by atoms with Crippen LogP contribution in [-0.2, 0) is 4.74 Å². The average Bonchev–Trinajstić information content (AvgIpc) is 2.53. The van der Waals surface area contributed by atoms with Crippen LogP contribution in [0.3, 0.4) is 0 Å². The molecule has 1 aliphatic heterocycles. The van der Waals surface area contributed by atoms with Crippen molar-refractivity contribution in [1.29, 1.82) is 0 Å². The first-order valence-electron chi connectivity index (χ1n) is 6.38. The van der Waals surface area contributed by atoms with Crippen LogP contribution < -0.4 is 0 Å². The fourth-order valence-electron chi connectivity index (χ4n) is 3.28. The molecule has 88 valence electrons. The molecule has 2 heteroatoms. The molecule has 5 unspecified atom stereocenters. The van der Waals surface area contributed by atoms with E-state index < -0.39 is 5.60 Å². The van der Waals surface area contributed by atoms with Gasteiger partial charge in [-0.15, -0.1) is 0 Å². The number of rotatable bonds is 1. The summed E-state index contributed by atoms with van der Waals surface area (Å²) in [6, 6.07) is 0. The molecule has 0 spiro atoms. The second-order valence-corrected chi connectivity index (χ2v) is 5.72. The zero-order valence-corrected chi connectivity index (χ0v) is 10.2. The zero-order chi connectivity index (χ0) is 11.1. The topological polar surface area (TPSA) is 29.5 Å². The van der Waals surface area contributed by atoms with Crippen molar-refractivity contribution in [2.24, 2.45) is 17.8 Å². The molecule has 0 aromatic heterocycles. The van der Waals surface area contributed by atoms with E-state index in [0.717, 1.165) is 24.9 Å². The number of ether oxygens (including phenoxy) is 1. The highest BCUT2D eigenvalue weighted by atomic mass is 16.5. The van der Waals surface area contributed by atoms with E-state index >= 15 is 0 Å². The average molecular weight is 212 g/mol. The van der Waals surface area contributed by atoms with E-state index in [4.69, 9.17) is 4.74 Å². The minimum absolute atomic E-state index is 0.0307. The maximum Gasteiger partial charge on any atom is 0.0955 e. The van der Waals surface area contributed by atoms with Crippen LogP contribution in [0.25, 0.3) is 0 Å². The molecule has 1 N–H and O–H groups in total. The summed E-state index contributed by atoms with van der Waals surface area (Å²) < 4.78 is 5.53. The van der Waals surface area contributed by atoms with Crippen LogP contribution in [0.2, 0.25) is 0 Å². The first-order valence-corrected chi connectivity index (χ1v) is 6.38. The minimum atomic E-state index is -0.533. The number of hydrogen-bond donors (Lipinski definition) is 1.